The molecule has 1 aromatic carbocycles. The lowest BCUT2D eigenvalue weighted by Gasteiger charge is -2.31. The van der Waals surface area contributed by atoms with Crippen molar-refractivity contribution in [2.45, 2.75) is 31.6 Å². The summed E-state index contributed by atoms with van der Waals surface area (Å²) in [4.78, 5) is 10.4. The Balaban J connectivity index is 0.00000288. The number of benzene rings is 1. The number of rotatable bonds is 6. The predicted octanol–water partition coefficient (Wildman–Crippen LogP) is 2.34. The molecule has 0 aliphatic carbocycles. The summed E-state index contributed by atoms with van der Waals surface area (Å²) in [5, 5.41) is 14.5. The van der Waals surface area contributed by atoms with Gasteiger partial charge in [-0.2, -0.15) is 4.31 Å². The number of hydrogen-bond acceptors (Lipinski definition) is 5. The standard InChI is InChI=1S/C15H23N3O4S.ClH/c1-3-16-11-13-7-9-17(10-8-13)23(21,22)15-12(2)5-4-6-14(15)18(19)20;/h4-6,13,16H,3,7-11H2,1-2H3;1H. The molecule has 1 fully saturated rings. The van der Waals surface area contributed by atoms with E-state index in [-0.39, 0.29) is 23.0 Å². The second-order valence-corrected chi connectivity index (χ2v) is 7.71. The Morgan fingerprint density at radius 3 is 2.50 bits per heavy atom. The van der Waals surface area contributed by atoms with Crippen LogP contribution in [0, 0.1) is 23.0 Å². The Morgan fingerprint density at radius 1 is 1.33 bits per heavy atom. The molecule has 0 aromatic heterocycles. The molecule has 1 aromatic rings. The second-order valence-electron chi connectivity index (χ2n) is 5.84. The van der Waals surface area contributed by atoms with Gasteiger partial charge in [-0.15, -0.1) is 12.4 Å². The quantitative estimate of drug-likeness (QED) is 0.606. The summed E-state index contributed by atoms with van der Waals surface area (Å²) in [6.07, 6.45) is 1.54. The zero-order chi connectivity index (χ0) is 17.0. The third-order valence-electron chi connectivity index (χ3n) is 4.24. The van der Waals surface area contributed by atoms with Crippen molar-refractivity contribution < 1.29 is 13.3 Å². The van der Waals surface area contributed by atoms with Gasteiger partial charge in [-0.05, 0) is 44.3 Å². The van der Waals surface area contributed by atoms with Crippen molar-refractivity contribution in [2.24, 2.45) is 5.92 Å². The molecule has 7 nitrogen and oxygen atoms in total. The molecule has 2 rings (SSSR count). The Labute approximate surface area is 149 Å². The van der Waals surface area contributed by atoms with Crippen LogP contribution in [-0.4, -0.2) is 43.8 Å². The van der Waals surface area contributed by atoms with Gasteiger partial charge in [0, 0.05) is 19.2 Å². The number of hydrogen-bond donors (Lipinski definition) is 1. The number of sulfonamides is 1. The summed E-state index contributed by atoms with van der Waals surface area (Å²) in [5.41, 5.74) is 0.0637. The van der Waals surface area contributed by atoms with Crippen LogP contribution in [0.5, 0.6) is 0 Å². The average Bonchev–Trinajstić information content (AvgIpc) is 2.52. The van der Waals surface area contributed by atoms with E-state index >= 15 is 0 Å². The number of halogens is 1. The maximum absolute atomic E-state index is 12.9. The lowest BCUT2D eigenvalue weighted by Crippen LogP contribution is -2.41. The van der Waals surface area contributed by atoms with E-state index in [0.29, 0.717) is 24.6 Å². The molecule has 0 atom stereocenters. The third-order valence-corrected chi connectivity index (χ3v) is 6.33. The first-order valence-electron chi connectivity index (χ1n) is 7.82. The largest absolute Gasteiger partial charge is 0.317 e. The molecule has 0 amide bonds. The molecule has 1 heterocycles. The lowest BCUT2D eigenvalue weighted by molar-refractivity contribution is -0.387. The first kappa shape index (κ1) is 20.8. The number of aryl methyl sites for hydroxylation is 1. The van der Waals surface area contributed by atoms with Crippen LogP contribution >= 0.6 is 12.4 Å². The topological polar surface area (TPSA) is 92.6 Å². The van der Waals surface area contributed by atoms with Crippen LogP contribution < -0.4 is 5.32 Å². The number of nitro groups is 1. The van der Waals surface area contributed by atoms with Crippen LogP contribution in [0.3, 0.4) is 0 Å². The fourth-order valence-corrected chi connectivity index (χ4v) is 4.78. The molecule has 0 bridgehead atoms. The van der Waals surface area contributed by atoms with Crippen molar-refractivity contribution >= 4 is 28.1 Å². The Bertz CT molecular complexity index is 673. The Morgan fingerprint density at radius 2 is 1.96 bits per heavy atom. The molecule has 1 aliphatic heterocycles. The van der Waals surface area contributed by atoms with Gasteiger partial charge >= 0.3 is 0 Å². The van der Waals surface area contributed by atoms with E-state index in [1.54, 1.807) is 13.0 Å². The fourth-order valence-electron chi connectivity index (χ4n) is 2.95. The van der Waals surface area contributed by atoms with Gasteiger partial charge in [0.25, 0.3) is 5.69 Å². The minimum Gasteiger partial charge on any atom is -0.317 e. The highest BCUT2D eigenvalue weighted by Crippen LogP contribution is 2.31. The maximum Gasteiger partial charge on any atom is 0.289 e. The maximum atomic E-state index is 12.9. The highest BCUT2D eigenvalue weighted by Gasteiger charge is 2.35. The molecule has 1 aliphatic rings. The van der Waals surface area contributed by atoms with Crippen LogP contribution in [0.4, 0.5) is 5.69 Å². The average molecular weight is 378 g/mol. The van der Waals surface area contributed by atoms with E-state index in [1.165, 1.54) is 16.4 Å². The molecule has 136 valence electrons. The molecule has 1 N–H and O–H groups in total. The SMILES string of the molecule is CCNCC1CCN(S(=O)(=O)c2c(C)cccc2[N+](=O)[O-])CC1.Cl. The molecule has 0 spiro atoms. The summed E-state index contributed by atoms with van der Waals surface area (Å²) in [5.74, 6) is 0.452. The van der Waals surface area contributed by atoms with E-state index < -0.39 is 14.9 Å². The molecule has 0 radical (unpaired) electrons. The summed E-state index contributed by atoms with van der Waals surface area (Å²) in [7, 11) is -3.84. The molecular weight excluding hydrogens is 354 g/mol. The van der Waals surface area contributed by atoms with Crippen LogP contribution in [0.15, 0.2) is 23.1 Å². The van der Waals surface area contributed by atoms with E-state index in [4.69, 9.17) is 0 Å². The van der Waals surface area contributed by atoms with Crippen LogP contribution in [-0.2, 0) is 10.0 Å². The van der Waals surface area contributed by atoms with Gasteiger partial charge in [-0.25, -0.2) is 8.42 Å². The summed E-state index contributed by atoms with van der Waals surface area (Å²) >= 11 is 0. The van der Waals surface area contributed by atoms with Crippen LogP contribution in [0.25, 0.3) is 0 Å². The van der Waals surface area contributed by atoms with E-state index in [0.717, 1.165) is 25.9 Å². The number of nitrogens with one attached hydrogen (secondary N) is 1. The number of nitro benzene ring substituents is 1. The van der Waals surface area contributed by atoms with Crippen molar-refractivity contribution in [1.82, 2.24) is 9.62 Å². The predicted molar refractivity (Wildman–Crippen MR) is 95.1 cm³/mol. The van der Waals surface area contributed by atoms with Gasteiger partial charge in [0.1, 0.15) is 0 Å². The zero-order valence-electron chi connectivity index (χ0n) is 13.9. The monoisotopic (exact) mass is 377 g/mol. The van der Waals surface area contributed by atoms with Gasteiger partial charge < -0.3 is 5.32 Å². The first-order chi connectivity index (χ1) is 10.9. The van der Waals surface area contributed by atoms with Crippen LogP contribution in [0.1, 0.15) is 25.3 Å². The Hall–Kier alpha value is -1.22. The highest BCUT2D eigenvalue weighted by molar-refractivity contribution is 7.89. The van der Waals surface area contributed by atoms with Crippen molar-refractivity contribution in [1.29, 1.82) is 0 Å². The summed E-state index contributed by atoms with van der Waals surface area (Å²) in [6.45, 7) is 6.23. The molecule has 1 saturated heterocycles. The summed E-state index contributed by atoms with van der Waals surface area (Å²) < 4.78 is 27.1. The van der Waals surface area contributed by atoms with Gasteiger partial charge in [-0.1, -0.05) is 19.1 Å². The van der Waals surface area contributed by atoms with Gasteiger partial charge in [0.05, 0.1) is 4.92 Å². The lowest BCUT2D eigenvalue weighted by atomic mass is 9.98. The fraction of sp³-hybridized carbons (Fsp3) is 0.600. The zero-order valence-corrected chi connectivity index (χ0v) is 15.5. The molecule has 24 heavy (non-hydrogen) atoms. The van der Waals surface area contributed by atoms with E-state index in [9.17, 15) is 18.5 Å². The van der Waals surface area contributed by atoms with Crippen molar-refractivity contribution in [3.63, 3.8) is 0 Å². The normalized spacial score (nSPS) is 16.6. The summed E-state index contributed by atoms with van der Waals surface area (Å²) in [6, 6.07) is 4.35. The Kier molecular flexibility index (Phi) is 7.59. The van der Waals surface area contributed by atoms with Crippen molar-refractivity contribution in [3.8, 4) is 0 Å². The smallest absolute Gasteiger partial charge is 0.289 e. The van der Waals surface area contributed by atoms with E-state index in [2.05, 4.69) is 5.32 Å². The number of piperidine rings is 1. The first-order valence-corrected chi connectivity index (χ1v) is 9.26. The number of nitrogens with zero attached hydrogens (tertiary/aromatic N) is 2. The highest BCUT2D eigenvalue weighted by atomic mass is 35.5. The molecule has 9 heteroatoms. The minimum atomic E-state index is -3.84. The third kappa shape index (κ3) is 4.44. The molecule has 0 unspecified atom stereocenters. The van der Waals surface area contributed by atoms with Crippen LogP contribution in [0.2, 0.25) is 0 Å². The van der Waals surface area contributed by atoms with Crippen molar-refractivity contribution in [3.05, 3.63) is 33.9 Å². The van der Waals surface area contributed by atoms with Crippen molar-refractivity contribution in [2.75, 3.05) is 26.2 Å². The van der Waals surface area contributed by atoms with Gasteiger partial charge in [-0.3, -0.25) is 10.1 Å². The minimum absolute atomic E-state index is 0. The van der Waals surface area contributed by atoms with E-state index in [1.807, 2.05) is 6.92 Å². The second kappa shape index (κ2) is 8.75. The molecular formula is C15H24ClN3O4S. The van der Waals surface area contributed by atoms with Gasteiger partial charge in [0.2, 0.25) is 10.0 Å². The van der Waals surface area contributed by atoms with Gasteiger partial charge in [0.15, 0.2) is 4.90 Å². The molecule has 0 saturated carbocycles.